The summed E-state index contributed by atoms with van der Waals surface area (Å²) in [6.45, 7) is 7.04. The van der Waals surface area contributed by atoms with Crippen LogP contribution in [0.3, 0.4) is 0 Å². The van der Waals surface area contributed by atoms with Gasteiger partial charge in [-0.25, -0.2) is 9.59 Å². The van der Waals surface area contributed by atoms with Crippen molar-refractivity contribution in [3.8, 4) is 0 Å². The molecular weight excluding hydrogens is 198 g/mol. The fourth-order valence-corrected chi connectivity index (χ4v) is 0.920. The zero-order valence-electron chi connectivity index (χ0n) is 9.92. The van der Waals surface area contributed by atoms with Gasteiger partial charge in [0, 0.05) is 0 Å². The van der Waals surface area contributed by atoms with Crippen molar-refractivity contribution in [1.29, 1.82) is 0 Å². The van der Waals surface area contributed by atoms with Crippen molar-refractivity contribution in [1.82, 2.24) is 5.32 Å². The zero-order chi connectivity index (χ0) is 12.1. The average Bonchev–Trinajstić information content (AvgIpc) is 2.10. The Balaban J connectivity index is 4.20. The van der Waals surface area contributed by atoms with E-state index in [1.54, 1.807) is 27.7 Å². The zero-order valence-corrected chi connectivity index (χ0v) is 9.92. The number of ether oxygens (including phenoxy) is 2. The molecule has 0 aliphatic heterocycles. The molecule has 0 aliphatic rings. The Kier molecular flexibility index (Phi) is 5.11. The molecule has 5 nitrogen and oxygen atoms in total. The van der Waals surface area contributed by atoms with Gasteiger partial charge in [-0.2, -0.15) is 0 Å². The molecule has 0 heterocycles. The number of carbonyl (C=O) groups is 2. The summed E-state index contributed by atoms with van der Waals surface area (Å²) in [4.78, 5) is 22.5. The quantitative estimate of drug-likeness (QED) is 0.727. The molecule has 0 fully saturated rings. The molecule has 0 aromatic rings. The minimum Gasteiger partial charge on any atom is -0.467 e. The van der Waals surface area contributed by atoms with Crippen molar-refractivity contribution in [2.75, 3.05) is 7.11 Å². The van der Waals surface area contributed by atoms with Crippen LogP contribution in [0.1, 0.15) is 34.1 Å². The summed E-state index contributed by atoms with van der Waals surface area (Å²) in [5.41, 5.74) is -0.571. The van der Waals surface area contributed by atoms with E-state index < -0.39 is 23.7 Å². The van der Waals surface area contributed by atoms with Crippen LogP contribution in [-0.4, -0.2) is 30.8 Å². The third-order valence-electron chi connectivity index (χ3n) is 1.58. The number of alkyl carbamates (subject to hydrolysis) is 1. The van der Waals surface area contributed by atoms with E-state index in [4.69, 9.17) is 4.74 Å². The van der Waals surface area contributed by atoms with Gasteiger partial charge in [-0.05, 0) is 27.2 Å². The first-order chi connectivity index (χ1) is 6.80. The summed E-state index contributed by atoms with van der Waals surface area (Å²) in [6.07, 6.45) is -0.147. The second-order valence-electron chi connectivity index (χ2n) is 4.13. The van der Waals surface area contributed by atoms with E-state index >= 15 is 0 Å². The molecule has 0 radical (unpaired) electrons. The number of rotatable bonds is 3. The SMILES string of the molecule is CC[C@H](NC(=O)OC(C)(C)C)C(=O)OC. The number of carbonyl (C=O) groups excluding carboxylic acids is 2. The van der Waals surface area contributed by atoms with Crippen molar-refractivity contribution in [3.05, 3.63) is 0 Å². The molecule has 0 bridgehead atoms. The fraction of sp³-hybridized carbons (Fsp3) is 0.800. The number of nitrogens with one attached hydrogen (secondary N) is 1. The van der Waals surface area contributed by atoms with Gasteiger partial charge in [-0.1, -0.05) is 6.92 Å². The van der Waals surface area contributed by atoms with Gasteiger partial charge >= 0.3 is 12.1 Å². The van der Waals surface area contributed by atoms with Gasteiger partial charge in [0.05, 0.1) is 7.11 Å². The van der Waals surface area contributed by atoms with Crippen LogP contribution in [0.5, 0.6) is 0 Å². The first kappa shape index (κ1) is 13.7. The van der Waals surface area contributed by atoms with Gasteiger partial charge in [-0.15, -0.1) is 0 Å². The van der Waals surface area contributed by atoms with E-state index in [1.807, 2.05) is 0 Å². The smallest absolute Gasteiger partial charge is 0.408 e. The molecule has 0 saturated carbocycles. The van der Waals surface area contributed by atoms with Crippen molar-refractivity contribution in [3.63, 3.8) is 0 Å². The average molecular weight is 217 g/mol. The van der Waals surface area contributed by atoms with Crippen molar-refractivity contribution >= 4 is 12.1 Å². The van der Waals surface area contributed by atoms with Crippen LogP contribution in [0.25, 0.3) is 0 Å². The monoisotopic (exact) mass is 217 g/mol. The molecule has 88 valence electrons. The van der Waals surface area contributed by atoms with E-state index in [0.29, 0.717) is 6.42 Å². The molecule has 0 aromatic heterocycles. The molecule has 0 spiro atoms. The van der Waals surface area contributed by atoms with Crippen molar-refractivity contribution in [2.24, 2.45) is 0 Å². The number of methoxy groups -OCH3 is 1. The number of hydrogen-bond acceptors (Lipinski definition) is 4. The topological polar surface area (TPSA) is 64.6 Å². The van der Waals surface area contributed by atoms with E-state index in [1.165, 1.54) is 7.11 Å². The minimum atomic E-state index is -0.648. The Morgan fingerprint density at radius 1 is 1.33 bits per heavy atom. The van der Waals surface area contributed by atoms with E-state index in [-0.39, 0.29) is 0 Å². The normalized spacial score (nSPS) is 12.9. The molecule has 1 atom stereocenters. The van der Waals surface area contributed by atoms with Gasteiger partial charge in [0.1, 0.15) is 11.6 Å². The highest BCUT2D eigenvalue weighted by atomic mass is 16.6. The summed E-state index contributed by atoms with van der Waals surface area (Å²) in [7, 11) is 1.28. The first-order valence-corrected chi connectivity index (χ1v) is 4.87. The Morgan fingerprint density at radius 3 is 2.20 bits per heavy atom. The summed E-state index contributed by atoms with van der Waals surface area (Å²) >= 11 is 0. The summed E-state index contributed by atoms with van der Waals surface area (Å²) in [5, 5.41) is 2.44. The standard InChI is InChI=1S/C10H19NO4/c1-6-7(8(12)14-5)11-9(13)15-10(2,3)4/h7H,6H2,1-5H3,(H,11,13)/t7-/m0/s1. The number of amides is 1. The minimum absolute atomic E-state index is 0.464. The van der Waals surface area contributed by atoms with E-state index in [0.717, 1.165) is 0 Å². The maximum atomic E-state index is 11.3. The Bertz CT molecular complexity index is 232. The van der Waals surface area contributed by atoms with E-state index in [9.17, 15) is 9.59 Å². The molecule has 0 aliphatic carbocycles. The summed E-state index contributed by atoms with van der Waals surface area (Å²) in [6, 6.07) is -0.648. The Labute approximate surface area is 90.1 Å². The molecule has 0 saturated heterocycles. The van der Waals surface area contributed by atoms with Crippen molar-refractivity contribution in [2.45, 2.75) is 45.8 Å². The molecule has 15 heavy (non-hydrogen) atoms. The first-order valence-electron chi connectivity index (χ1n) is 4.87. The molecular formula is C10H19NO4. The van der Waals surface area contributed by atoms with Crippen LogP contribution in [0.4, 0.5) is 4.79 Å². The van der Waals surface area contributed by atoms with Crippen LogP contribution >= 0.6 is 0 Å². The van der Waals surface area contributed by atoms with Gasteiger partial charge in [0.15, 0.2) is 0 Å². The van der Waals surface area contributed by atoms with Crippen LogP contribution in [-0.2, 0) is 14.3 Å². The number of hydrogen-bond donors (Lipinski definition) is 1. The van der Waals surface area contributed by atoms with Gasteiger partial charge in [-0.3, -0.25) is 0 Å². The molecule has 1 amide bonds. The molecule has 0 unspecified atom stereocenters. The highest BCUT2D eigenvalue weighted by Gasteiger charge is 2.23. The maximum absolute atomic E-state index is 11.3. The van der Waals surface area contributed by atoms with Crippen molar-refractivity contribution < 1.29 is 19.1 Å². The number of esters is 1. The predicted octanol–water partition coefficient (Wildman–Crippen LogP) is 1.46. The van der Waals surface area contributed by atoms with Crippen LogP contribution < -0.4 is 5.32 Å². The summed E-state index contributed by atoms with van der Waals surface area (Å²) in [5.74, 6) is -0.469. The second-order valence-corrected chi connectivity index (χ2v) is 4.13. The Hall–Kier alpha value is -1.26. The van der Waals surface area contributed by atoms with E-state index in [2.05, 4.69) is 10.1 Å². The van der Waals surface area contributed by atoms with Crippen LogP contribution in [0.15, 0.2) is 0 Å². The lowest BCUT2D eigenvalue weighted by atomic mass is 10.2. The van der Waals surface area contributed by atoms with Crippen LogP contribution in [0, 0.1) is 0 Å². The second kappa shape index (κ2) is 5.58. The van der Waals surface area contributed by atoms with Crippen LogP contribution in [0.2, 0.25) is 0 Å². The van der Waals surface area contributed by atoms with Gasteiger partial charge < -0.3 is 14.8 Å². The maximum Gasteiger partial charge on any atom is 0.408 e. The van der Waals surface area contributed by atoms with Gasteiger partial charge in [0.25, 0.3) is 0 Å². The largest absolute Gasteiger partial charge is 0.467 e. The molecule has 5 heteroatoms. The summed E-state index contributed by atoms with van der Waals surface area (Å²) < 4.78 is 9.53. The lowest BCUT2D eigenvalue weighted by Gasteiger charge is -2.21. The highest BCUT2D eigenvalue weighted by molar-refractivity contribution is 5.81. The predicted molar refractivity (Wildman–Crippen MR) is 55.5 cm³/mol. The molecule has 0 aromatic carbocycles. The third kappa shape index (κ3) is 5.93. The van der Waals surface area contributed by atoms with Gasteiger partial charge in [0.2, 0.25) is 0 Å². The highest BCUT2D eigenvalue weighted by Crippen LogP contribution is 2.07. The Morgan fingerprint density at radius 2 is 1.87 bits per heavy atom. The fourth-order valence-electron chi connectivity index (χ4n) is 0.920. The lowest BCUT2D eigenvalue weighted by molar-refractivity contribution is -0.143. The third-order valence-corrected chi connectivity index (χ3v) is 1.58. The lowest BCUT2D eigenvalue weighted by Crippen LogP contribution is -2.43. The molecule has 1 N–H and O–H groups in total. The molecule has 0 rings (SSSR count).